The summed E-state index contributed by atoms with van der Waals surface area (Å²) in [5.74, 6) is 0. The average molecular weight is 307 g/mol. The summed E-state index contributed by atoms with van der Waals surface area (Å²) < 4.78 is 3.15. The van der Waals surface area contributed by atoms with E-state index in [0.717, 1.165) is 34.6 Å². The summed E-state index contributed by atoms with van der Waals surface area (Å²) in [6.45, 7) is 3.76. The zero-order chi connectivity index (χ0) is 13.9. The molecular formula is C14H15ClN4S. The number of thiazole rings is 1. The Bertz CT molecular complexity index is 719. The summed E-state index contributed by atoms with van der Waals surface area (Å²) in [7, 11) is 0. The van der Waals surface area contributed by atoms with Crippen molar-refractivity contribution in [3.63, 3.8) is 0 Å². The molecule has 0 saturated carbocycles. The Kier molecular flexibility index (Phi) is 3.89. The van der Waals surface area contributed by atoms with Crippen LogP contribution in [0.3, 0.4) is 0 Å². The SMILES string of the molecule is CCCn1nccc1CNc1c(Cl)ccc2scnc12. The Morgan fingerprint density at radius 2 is 2.25 bits per heavy atom. The molecule has 2 heterocycles. The highest BCUT2D eigenvalue weighted by atomic mass is 35.5. The van der Waals surface area contributed by atoms with Gasteiger partial charge in [0.05, 0.1) is 33.2 Å². The zero-order valence-electron chi connectivity index (χ0n) is 11.1. The van der Waals surface area contributed by atoms with E-state index in [1.165, 1.54) is 0 Å². The number of fused-ring (bicyclic) bond motifs is 1. The number of halogens is 1. The topological polar surface area (TPSA) is 42.7 Å². The van der Waals surface area contributed by atoms with Crippen molar-refractivity contribution >= 4 is 38.8 Å². The molecule has 1 aromatic carbocycles. The largest absolute Gasteiger partial charge is 0.376 e. The third-order valence-electron chi connectivity index (χ3n) is 3.14. The smallest absolute Gasteiger partial charge is 0.106 e. The molecule has 6 heteroatoms. The Morgan fingerprint density at radius 3 is 3.10 bits per heavy atom. The van der Waals surface area contributed by atoms with Gasteiger partial charge in [-0.15, -0.1) is 11.3 Å². The van der Waals surface area contributed by atoms with Crippen LogP contribution in [0.1, 0.15) is 19.0 Å². The molecule has 0 unspecified atom stereocenters. The van der Waals surface area contributed by atoms with E-state index >= 15 is 0 Å². The Labute approximate surface area is 126 Å². The lowest BCUT2D eigenvalue weighted by Gasteiger charge is -2.10. The van der Waals surface area contributed by atoms with Crippen LogP contribution in [-0.4, -0.2) is 14.8 Å². The first-order valence-corrected chi connectivity index (χ1v) is 7.81. The molecule has 0 aliphatic rings. The number of benzene rings is 1. The predicted molar refractivity (Wildman–Crippen MR) is 84.5 cm³/mol. The van der Waals surface area contributed by atoms with Crippen LogP contribution in [0.25, 0.3) is 10.2 Å². The van der Waals surface area contributed by atoms with Crippen molar-refractivity contribution in [1.29, 1.82) is 0 Å². The minimum absolute atomic E-state index is 0.691. The van der Waals surface area contributed by atoms with Gasteiger partial charge < -0.3 is 5.32 Å². The first kappa shape index (κ1) is 13.4. The molecule has 0 bridgehead atoms. The number of aryl methyl sites for hydroxylation is 1. The van der Waals surface area contributed by atoms with E-state index < -0.39 is 0 Å². The third-order valence-corrected chi connectivity index (χ3v) is 4.25. The molecule has 0 atom stereocenters. The maximum Gasteiger partial charge on any atom is 0.106 e. The van der Waals surface area contributed by atoms with Crippen molar-refractivity contribution < 1.29 is 0 Å². The van der Waals surface area contributed by atoms with Crippen LogP contribution in [-0.2, 0) is 13.1 Å². The standard InChI is InChI=1S/C14H15ClN4S/c1-2-7-19-10(5-6-18-19)8-16-13-11(15)3-4-12-14(13)17-9-20-12/h3-6,9,16H,2,7-8H2,1H3. The summed E-state index contributed by atoms with van der Waals surface area (Å²) in [5.41, 5.74) is 4.82. The lowest BCUT2D eigenvalue weighted by atomic mass is 10.2. The van der Waals surface area contributed by atoms with E-state index in [-0.39, 0.29) is 0 Å². The molecule has 0 radical (unpaired) electrons. The second kappa shape index (κ2) is 5.81. The molecule has 20 heavy (non-hydrogen) atoms. The highest BCUT2D eigenvalue weighted by Crippen LogP contribution is 2.32. The van der Waals surface area contributed by atoms with Crippen molar-refractivity contribution in [3.8, 4) is 0 Å². The molecular weight excluding hydrogens is 292 g/mol. The van der Waals surface area contributed by atoms with Gasteiger partial charge in [0.2, 0.25) is 0 Å². The highest BCUT2D eigenvalue weighted by molar-refractivity contribution is 7.16. The molecule has 3 rings (SSSR count). The maximum absolute atomic E-state index is 6.28. The first-order valence-electron chi connectivity index (χ1n) is 6.56. The summed E-state index contributed by atoms with van der Waals surface area (Å²) in [5, 5.41) is 8.42. The van der Waals surface area contributed by atoms with Crippen molar-refractivity contribution in [2.24, 2.45) is 0 Å². The minimum Gasteiger partial charge on any atom is -0.376 e. The monoisotopic (exact) mass is 306 g/mol. The fraction of sp³-hybridized carbons (Fsp3) is 0.286. The first-order chi connectivity index (χ1) is 9.79. The molecule has 0 aliphatic heterocycles. The van der Waals surface area contributed by atoms with Gasteiger partial charge in [0.1, 0.15) is 5.52 Å². The lowest BCUT2D eigenvalue weighted by Crippen LogP contribution is -2.09. The van der Waals surface area contributed by atoms with Gasteiger partial charge in [-0.25, -0.2) is 4.98 Å². The fourth-order valence-electron chi connectivity index (χ4n) is 2.18. The zero-order valence-corrected chi connectivity index (χ0v) is 12.7. The van der Waals surface area contributed by atoms with Gasteiger partial charge in [-0.3, -0.25) is 4.68 Å². The number of hydrogen-bond donors (Lipinski definition) is 1. The molecule has 4 nitrogen and oxygen atoms in total. The number of rotatable bonds is 5. The number of aromatic nitrogens is 3. The van der Waals surface area contributed by atoms with Crippen molar-refractivity contribution in [3.05, 3.63) is 40.6 Å². The molecule has 2 aromatic heterocycles. The molecule has 0 spiro atoms. The van der Waals surface area contributed by atoms with Gasteiger partial charge in [0.25, 0.3) is 0 Å². The van der Waals surface area contributed by atoms with E-state index in [0.29, 0.717) is 11.6 Å². The van der Waals surface area contributed by atoms with Crippen molar-refractivity contribution in [1.82, 2.24) is 14.8 Å². The van der Waals surface area contributed by atoms with Crippen molar-refractivity contribution in [2.45, 2.75) is 26.4 Å². The highest BCUT2D eigenvalue weighted by Gasteiger charge is 2.09. The van der Waals surface area contributed by atoms with Crippen molar-refractivity contribution in [2.75, 3.05) is 5.32 Å². The normalized spacial score (nSPS) is 11.1. The fourth-order valence-corrected chi connectivity index (χ4v) is 3.08. The maximum atomic E-state index is 6.28. The van der Waals surface area contributed by atoms with Crippen LogP contribution in [0.4, 0.5) is 5.69 Å². The third kappa shape index (κ3) is 2.51. The summed E-state index contributed by atoms with van der Waals surface area (Å²) >= 11 is 7.90. The van der Waals surface area contributed by atoms with Gasteiger partial charge in [-0.2, -0.15) is 5.10 Å². The summed E-state index contributed by atoms with van der Waals surface area (Å²) in [6, 6.07) is 5.94. The summed E-state index contributed by atoms with van der Waals surface area (Å²) in [6.07, 6.45) is 2.90. The van der Waals surface area contributed by atoms with E-state index in [4.69, 9.17) is 11.6 Å². The van der Waals surface area contributed by atoms with Gasteiger partial charge >= 0.3 is 0 Å². The van der Waals surface area contributed by atoms with Crippen LogP contribution in [0.2, 0.25) is 5.02 Å². The summed E-state index contributed by atoms with van der Waals surface area (Å²) in [4.78, 5) is 4.39. The van der Waals surface area contributed by atoms with E-state index in [1.807, 2.05) is 34.6 Å². The minimum atomic E-state index is 0.691. The van der Waals surface area contributed by atoms with E-state index in [1.54, 1.807) is 11.3 Å². The molecule has 0 fully saturated rings. The van der Waals surface area contributed by atoms with E-state index in [9.17, 15) is 0 Å². The van der Waals surface area contributed by atoms with Crippen LogP contribution in [0.15, 0.2) is 29.9 Å². The quantitative estimate of drug-likeness (QED) is 0.769. The number of nitrogens with zero attached hydrogens (tertiary/aromatic N) is 3. The van der Waals surface area contributed by atoms with Crippen LogP contribution in [0.5, 0.6) is 0 Å². The number of anilines is 1. The van der Waals surface area contributed by atoms with Crippen LogP contribution in [0, 0.1) is 0 Å². The van der Waals surface area contributed by atoms with Gasteiger partial charge in [0.15, 0.2) is 0 Å². The number of nitrogens with one attached hydrogen (secondary N) is 1. The Morgan fingerprint density at radius 1 is 1.35 bits per heavy atom. The second-order valence-electron chi connectivity index (χ2n) is 4.52. The predicted octanol–water partition coefficient (Wildman–Crippen LogP) is 4.17. The molecule has 0 amide bonds. The van der Waals surface area contributed by atoms with Crippen LogP contribution < -0.4 is 5.32 Å². The molecule has 104 valence electrons. The van der Waals surface area contributed by atoms with E-state index in [2.05, 4.69) is 22.3 Å². The molecule has 0 saturated heterocycles. The molecule has 0 aliphatic carbocycles. The molecule has 3 aromatic rings. The molecule has 1 N–H and O–H groups in total. The van der Waals surface area contributed by atoms with Gasteiger partial charge in [0, 0.05) is 12.7 Å². The van der Waals surface area contributed by atoms with Gasteiger partial charge in [-0.05, 0) is 24.6 Å². The van der Waals surface area contributed by atoms with Gasteiger partial charge in [-0.1, -0.05) is 18.5 Å². The Hall–Kier alpha value is -1.59. The number of hydrogen-bond acceptors (Lipinski definition) is 4. The lowest BCUT2D eigenvalue weighted by molar-refractivity contribution is 0.578. The Balaban J connectivity index is 1.84. The average Bonchev–Trinajstić information content (AvgIpc) is 3.07. The van der Waals surface area contributed by atoms with Crippen LogP contribution >= 0.6 is 22.9 Å². The second-order valence-corrected chi connectivity index (χ2v) is 5.81.